The highest BCUT2D eigenvalue weighted by Crippen LogP contribution is 2.46. The molecule has 0 radical (unpaired) electrons. The fraction of sp³-hybridized carbons (Fsp3) is 0.167. The molecule has 0 aromatic heterocycles. The summed E-state index contributed by atoms with van der Waals surface area (Å²) >= 11 is -0.0652. The molecule has 0 aliphatic carbocycles. The van der Waals surface area contributed by atoms with E-state index in [1.54, 1.807) is 0 Å². The summed E-state index contributed by atoms with van der Waals surface area (Å²) in [6.45, 7) is 2.57. The molecule has 14 heavy (non-hydrogen) atoms. The van der Waals surface area contributed by atoms with E-state index in [2.05, 4.69) is 51.5 Å². The SMILES string of the molecule is C1=C[SH](N2CC2)C=C1c1ccccc1. The number of hydrogen-bond acceptors (Lipinski definition) is 1. The van der Waals surface area contributed by atoms with Gasteiger partial charge in [-0.25, -0.2) is 0 Å². The van der Waals surface area contributed by atoms with Crippen LogP contribution >= 0.6 is 11.1 Å². The third-order valence-electron chi connectivity index (χ3n) is 2.54. The average Bonchev–Trinajstić information content (AvgIpc) is 2.98. The molecule has 72 valence electrons. The minimum absolute atomic E-state index is 0.0652. The van der Waals surface area contributed by atoms with Crippen molar-refractivity contribution in [1.29, 1.82) is 0 Å². The van der Waals surface area contributed by atoms with Crippen LogP contribution in [-0.4, -0.2) is 17.4 Å². The predicted molar refractivity (Wildman–Crippen MR) is 64.1 cm³/mol. The lowest BCUT2D eigenvalue weighted by atomic mass is 10.1. The summed E-state index contributed by atoms with van der Waals surface area (Å²) < 4.78 is 2.52. The van der Waals surface area contributed by atoms with Crippen molar-refractivity contribution in [2.24, 2.45) is 0 Å². The highest BCUT2D eigenvalue weighted by atomic mass is 32.2. The summed E-state index contributed by atoms with van der Waals surface area (Å²) in [4.78, 5) is 0. The standard InChI is InChI=1S/C12H13NS/c1-2-4-11(5-3-1)12-6-9-14(10-12)13-7-8-13/h1-6,9-10,14H,7-8H2. The Morgan fingerprint density at radius 1 is 1.07 bits per heavy atom. The van der Waals surface area contributed by atoms with Gasteiger partial charge in [0.1, 0.15) is 0 Å². The second-order valence-electron chi connectivity index (χ2n) is 3.60. The summed E-state index contributed by atoms with van der Waals surface area (Å²) in [7, 11) is 0. The van der Waals surface area contributed by atoms with Crippen LogP contribution in [-0.2, 0) is 0 Å². The van der Waals surface area contributed by atoms with Gasteiger partial charge < -0.3 is 0 Å². The van der Waals surface area contributed by atoms with Crippen molar-refractivity contribution in [3.8, 4) is 0 Å². The molecule has 1 fully saturated rings. The highest BCUT2D eigenvalue weighted by molar-refractivity contribution is 8.20. The van der Waals surface area contributed by atoms with Crippen molar-refractivity contribution < 1.29 is 0 Å². The molecule has 2 aliphatic rings. The Bertz CT molecular complexity index is 390. The Morgan fingerprint density at radius 2 is 1.86 bits per heavy atom. The zero-order valence-corrected chi connectivity index (χ0v) is 8.82. The maximum absolute atomic E-state index is 2.52. The molecule has 1 nitrogen and oxygen atoms in total. The zero-order chi connectivity index (χ0) is 9.38. The first kappa shape index (κ1) is 8.33. The molecule has 2 heteroatoms. The van der Waals surface area contributed by atoms with Gasteiger partial charge >= 0.3 is 0 Å². The van der Waals surface area contributed by atoms with Crippen molar-refractivity contribution in [2.45, 2.75) is 0 Å². The van der Waals surface area contributed by atoms with Gasteiger partial charge in [-0.1, -0.05) is 30.3 Å². The lowest BCUT2D eigenvalue weighted by molar-refractivity contribution is 0.953. The average molecular weight is 203 g/mol. The number of nitrogens with zero attached hydrogens (tertiary/aromatic N) is 1. The van der Waals surface area contributed by atoms with E-state index in [0.29, 0.717) is 0 Å². The molecule has 0 N–H and O–H groups in total. The third-order valence-corrected chi connectivity index (χ3v) is 4.59. The van der Waals surface area contributed by atoms with E-state index < -0.39 is 0 Å². The van der Waals surface area contributed by atoms with Crippen molar-refractivity contribution in [3.63, 3.8) is 0 Å². The van der Waals surface area contributed by atoms with Crippen LogP contribution in [0.15, 0.2) is 47.2 Å². The zero-order valence-electron chi connectivity index (χ0n) is 7.93. The summed E-state index contributed by atoms with van der Waals surface area (Å²) in [6, 6.07) is 10.6. The Kier molecular flexibility index (Phi) is 1.96. The summed E-state index contributed by atoms with van der Waals surface area (Å²) in [5.41, 5.74) is 2.74. The van der Waals surface area contributed by atoms with E-state index in [1.165, 1.54) is 24.2 Å². The number of allylic oxidation sites excluding steroid dienone is 2. The van der Waals surface area contributed by atoms with Gasteiger partial charge in [-0.15, -0.1) is 0 Å². The lowest BCUT2D eigenvalue weighted by Gasteiger charge is -2.09. The summed E-state index contributed by atoms with van der Waals surface area (Å²) in [6.07, 6.45) is 2.26. The first-order valence-corrected chi connectivity index (χ1v) is 6.35. The van der Waals surface area contributed by atoms with Crippen LogP contribution in [0.2, 0.25) is 0 Å². The molecule has 0 saturated carbocycles. The fourth-order valence-electron chi connectivity index (χ4n) is 1.64. The molecular weight excluding hydrogens is 190 g/mol. The van der Waals surface area contributed by atoms with E-state index >= 15 is 0 Å². The largest absolute Gasteiger partial charge is 0.260 e. The monoisotopic (exact) mass is 203 g/mol. The van der Waals surface area contributed by atoms with E-state index in [1.807, 2.05) is 0 Å². The van der Waals surface area contributed by atoms with E-state index in [4.69, 9.17) is 0 Å². The highest BCUT2D eigenvalue weighted by Gasteiger charge is 2.23. The molecule has 0 bridgehead atoms. The summed E-state index contributed by atoms with van der Waals surface area (Å²) in [5, 5.41) is 4.77. The van der Waals surface area contributed by atoms with Gasteiger partial charge in [-0.2, -0.15) is 11.1 Å². The normalized spacial score (nSPS) is 27.7. The van der Waals surface area contributed by atoms with E-state index in [0.717, 1.165) is 0 Å². The van der Waals surface area contributed by atoms with Gasteiger partial charge in [-0.05, 0) is 28.0 Å². The molecule has 2 aliphatic heterocycles. The Balaban J connectivity index is 1.87. The minimum Gasteiger partial charge on any atom is -0.260 e. The maximum atomic E-state index is 2.52. The second kappa shape index (κ2) is 3.30. The molecule has 0 spiro atoms. The van der Waals surface area contributed by atoms with Crippen LogP contribution in [0.5, 0.6) is 0 Å². The molecular formula is C12H13NS. The van der Waals surface area contributed by atoms with Crippen molar-refractivity contribution >= 4 is 16.7 Å². The number of benzene rings is 1. The topological polar surface area (TPSA) is 3.01 Å². The van der Waals surface area contributed by atoms with Crippen LogP contribution in [0.4, 0.5) is 0 Å². The molecule has 1 aromatic carbocycles. The fourth-order valence-corrected chi connectivity index (χ4v) is 3.46. The molecule has 0 amide bonds. The quantitative estimate of drug-likeness (QED) is 0.571. The smallest absolute Gasteiger partial charge is 0.0215 e. The van der Waals surface area contributed by atoms with Crippen molar-refractivity contribution in [1.82, 2.24) is 4.31 Å². The maximum Gasteiger partial charge on any atom is 0.0215 e. The van der Waals surface area contributed by atoms with Crippen LogP contribution < -0.4 is 0 Å². The lowest BCUT2D eigenvalue weighted by Crippen LogP contribution is -1.83. The molecule has 2 heterocycles. The molecule has 1 atom stereocenters. The van der Waals surface area contributed by atoms with Crippen LogP contribution in [0, 0.1) is 0 Å². The van der Waals surface area contributed by atoms with Crippen molar-refractivity contribution in [2.75, 3.05) is 13.1 Å². The number of hydrogen-bond donors (Lipinski definition) is 1. The Hall–Kier alpha value is -0.990. The van der Waals surface area contributed by atoms with Crippen LogP contribution in [0.1, 0.15) is 5.56 Å². The van der Waals surface area contributed by atoms with Gasteiger partial charge in [0.25, 0.3) is 0 Å². The van der Waals surface area contributed by atoms with Gasteiger partial charge in [0.15, 0.2) is 0 Å². The van der Waals surface area contributed by atoms with Gasteiger partial charge in [0.05, 0.1) is 0 Å². The molecule has 3 rings (SSSR count). The molecule has 1 unspecified atom stereocenters. The second-order valence-corrected chi connectivity index (χ2v) is 5.48. The van der Waals surface area contributed by atoms with Crippen molar-refractivity contribution in [3.05, 3.63) is 52.8 Å². The Morgan fingerprint density at radius 3 is 2.57 bits per heavy atom. The van der Waals surface area contributed by atoms with Crippen LogP contribution in [0.3, 0.4) is 0 Å². The van der Waals surface area contributed by atoms with Crippen LogP contribution in [0.25, 0.3) is 5.57 Å². The Labute approximate surface area is 87.2 Å². The molecule has 1 saturated heterocycles. The first-order valence-electron chi connectivity index (χ1n) is 4.92. The van der Waals surface area contributed by atoms with Gasteiger partial charge in [0.2, 0.25) is 0 Å². The molecule has 1 aromatic rings. The number of rotatable bonds is 2. The van der Waals surface area contributed by atoms with E-state index in [9.17, 15) is 0 Å². The third kappa shape index (κ3) is 1.51. The predicted octanol–water partition coefficient (Wildman–Crippen LogP) is 2.79. The van der Waals surface area contributed by atoms with E-state index in [-0.39, 0.29) is 11.1 Å². The number of thiol groups is 1. The minimum atomic E-state index is -0.0652. The first-order chi connectivity index (χ1) is 6.93. The van der Waals surface area contributed by atoms with Gasteiger partial charge in [-0.3, -0.25) is 4.31 Å². The summed E-state index contributed by atoms with van der Waals surface area (Å²) in [5.74, 6) is 0. The van der Waals surface area contributed by atoms with Gasteiger partial charge in [0, 0.05) is 13.1 Å².